The summed E-state index contributed by atoms with van der Waals surface area (Å²) in [6.07, 6.45) is -1.01. The lowest BCUT2D eigenvalue weighted by Crippen LogP contribution is -2.46. The molecule has 13 nitrogen and oxygen atoms in total. The van der Waals surface area contributed by atoms with Crippen LogP contribution in [0.15, 0.2) is 36.4 Å². The van der Waals surface area contributed by atoms with Crippen LogP contribution in [0.4, 0.5) is 20.1 Å². The molecule has 0 spiro atoms. The summed E-state index contributed by atoms with van der Waals surface area (Å²) in [4.78, 5) is 61.6. The van der Waals surface area contributed by atoms with Gasteiger partial charge in [-0.25, -0.2) is 14.4 Å². The molecule has 6 N–H and O–H groups in total. The second-order valence-corrected chi connectivity index (χ2v) is 8.93. The maximum atomic E-state index is 12.9. The van der Waals surface area contributed by atoms with Gasteiger partial charge in [0.25, 0.3) is 0 Å². The van der Waals surface area contributed by atoms with Crippen molar-refractivity contribution >= 4 is 35.7 Å². The van der Waals surface area contributed by atoms with E-state index in [-0.39, 0.29) is 38.6 Å². The number of nitrogens with zero attached hydrogens (tertiary/aromatic N) is 2. The van der Waals surface area contributed by atoms with E-state index >= 15 is 0 Å². The molecule has 0 fully saturated rings. The highest BCUT2D eigenvalue weighted by molar-refractivity contribution is 5.97. The molecule has 13 heteroatoms. The zero-order chi connectivity index (χ0) is 28.8. The number of nitrogens with two attached hydrogens (primary N) is 1. The zero-order valence-corrected chi connectivity index (χ0v) is 22.3. The van der Waals surface area contributed by atoms with Gasteiger partial charge in [-0.3, -0.25) is 9.59 Å². The van der Waals surface area contributed by atoms with Crippen molar-refractivity contribution in [2.45, 2.75) is 39.3 Å². The molecule has 1 rings (SSSR count). The average molecular weight is 535 g/mol. The lowest BCUT2D eigenvalue weighted by molar-refractivity contribution is -0.128. The van der Waals surface area contributed by atoms with Crippen molar-refractivity contribution in [1.82, 2.24) is 20.4 Å². The van der Waals surface area contributed by atoms with E-state index in [1.54, 1.807) is 38.1 Å². The summed E-state index contributed by atoms with van der Waals surface area (Å²) in [6.45, 7) is 7.75. The van der Waals surface area contributed by atoms with Crippen LogP contribution >= 0.6 is 0 Å². The van der Waals surface area contributed by atoms with Crippen LogP contribution in [0.1, 0.15) is 32.3 Å². The number of carbonyl (C=O) groups is 5. The summed E-state index contributed by atoms with van der Waals surface area (Å²) in [5.74, 6) is -1.25. The van der Waals surface area contributed by atoms with Gasteiger partial charge in [-0.05, 0) is 44.4 Å². The molecule has 0 bridgehead atoms. The quantitative estimate of drug-likeness (QED) is 0.178. The predicted molar refractivity (Wildman–Crippen MR) is 141 cm³/mol. The van der Waals surface area contributed by atoms with Crippen LogP contribution in [-0.2, 0) is 20.9 Å². The maximum Gasteiger partial charge on any atom is 0.409 e. The molecule has 0 saturated carbocycles. The Bertz CT molecular complexity index is 998. The zero-order valence-electron chi connectivity index (χ0n) is 22.3. The van der Waals surface area contributed by atoms with Crippen molar-refractivity contribution in [1.29, 1.82) is 0 Å². The van der Waals surface area contributed by atoms with Gasteiger partial charge in [0.1, 0.15) is 12.6 Å². The number of carboxylic acid groups (broad SMARTS) is 1. The summed E-state index contributed by atoms with van der Waals surface area (Å²) < 4.78 is 5.24. The maximum absolute atomic E-state index is 12.9. The van der Waals surface area contributed by atoms with Crippen molar-refractivity contribution in [3.05, 3.63) is 42.0 Å². The lowest BCUT2D eigenvalue weighted by Gasteiger charge is -2.21. The van der Waals surface area contributed by atoms with Crippen LogP contribution in [0, 0.1) is 5.92 Å². The Kier molecular flexibility index (Phi) is 13.1. The summed E-state index contributed by atoms with van der Waals surface area (Å²) in [5, 5.41) is 16.8. The van der Waals surface area contributed by atoms with Gasteiger partial charge in [-0.1, -0.05) is 24.3 Å². The second-order valence-electron chi connectivity index (χ2n) is 8.93. The fraction of sp³-hybridized carbons (Fsp3) is 0.480. The van der Waals surface area contributed by atoms with Crippen LogP contribution in [0.5, 0.6) is 0 Å². The molecule has 0 radical (unpaired) electrons. The second kappa shape index (κ2) is 15.7. The lowest BCUT2D eigenvalue weighted by atomic mass is 10.0. The topological polar surface area (TPSA) is 183 Å². The smallest absolute Gasteiger partial charge is 0.409 e. The number of primary amides is 1. The molecule has 0 aliphatic rings. The Morgan fingerprint density at radius 1 is 1.05 bits per heavy atom. The number of hydrogen-bond donors (Lipinski definition) is 5. The van der Waals surface area contributed by atoms with Crippen molar-refractivity contribution in [3.63, 3.8) is 0 Å². The number of hydrogen-bond acceptors (Lipinski definition) is 6. The van der Waals surface area contributed by atoms with Gasteiger partial charge in [0.2, 0.25) is 11.8 Å². The minimum absolute atomic E-state index is 0.0174. The van der Waals surface area contributed by atoms with Crippen LogP contribution in [0.2, 0.25) is 0 Å². The van der Waals surface area contributed by atoms with Gasteiger partial charge in [0.15, 0.2) is 0 Å². The van der Waals surface area contributed by atoms with Crippen LogP contribution in [0.25, 0.3) is 0 Å². The Morgan fingerprint density at radius 3 is 2.21 bits per heavy atom. The van der Waals surface area contributed by atoms with E-state index in [9.17, 15) is 24.0 Å². The highest BCUT2D eigenvalue weighted by Crippen LogP contribution is 2.13. The van der Waals surface area contributed by atoms with E-state index in [1.807, 2.05) is 0 Å². The summed E-state index contributed by atoms with van der Waals surface area (Å²) >= 11 is 0. The molecule has 0 aliphatic carbocycles. The molecule has 6 amide bonds. The molecule has 0 heterocycles. The van der Waals surface area contributed by atoms with E-state index in [0.717, 1.165) is 4.90 Å². The molecule has 1 aromatic rings. The highest BCUT2D eigenvalue weighted by Gasteiger charge is 2.24. The van der Waals surface area contributed by atoms with Gasteiger partial charge in [-0.2, -0.15) is 0 Å². The van der Waals surface area contributed by atoms with Gasteiger partial charge in [0, 0.05) is 39.4 Å². The van der Waals surface area contributed by atoms with E-state index in [1.165, 1.54) is 19.0 Å². The molecule has 2 atom stereocenters. The average Bonchev–Trinajstić information content (AvgIpc) is 2.86. The highest BCUT2D eigenvalue weighted by atomic mass is 16.6. The molecule has 0 saturated heterocycles. The first-order chi connectivity index (χ1) is 17.8. The number of carbonyl (C=O) groups excluding carboxylic acids is 4. The van der Waals surface area contributed by atoms with Gasteiger partial charge >= 0.3 is 18.2 Å². The fourth-order valence-electron chi connectivity index (χ4n) is 2.96. The van der Waals surface area contributed by atoms with Gasteiger partial charge in [0.05, 0.1) is 5.92 Å². The van der Waals surface area contributed by atoms with Crippen LogP contribution in [-0.4, -0.2) is 84.7 Å². The van der Waals surface area contributed by atoms with E-state index in [4.69, 9.17) is 15.6 Å². The first-order valence-corrected chi connectivity index (χ1v) is 12.0. The Hall–Kier alpha value is -4.29. The molecule has 0 aromatic heterocycles. The number of urea groups is 1. The van der Waals surface area contributed by atoms with Crippen LogP contribution < -0.4 is 21.7 Å². The van der Waals surface area contributed by atoms with Crippen LogP contribution in [0.3, 0.4) is 0 Å². The molecule has 1 aromatic carbocycles. The third-order valence-electron chi connectivity index (χ3n) is 5.73. The number of nitrogens with one attached hydrogen (secondary N) is 3. The molecule has 0 unspecified atom stereocenters. The third-order valence-corrected chi connectivity index (χ3v) is 5.73. The molecular weight excluding hydrogens is 496 g/mol. The molecule has 0 aliphatic heterocycles. The van der Waals surface area contributed by atoms with Crippen molar-refractivity contribution in [3.8, 4) is 0 Å². The number of likely N-dealkylation sites (N-methyl/N-ethyl adjacent to an activating group) is 2. The number of benzene rings is 1. The number of amides is 6. The minimum atomic E-state index is -1.09. The summed E-state index contributed by atoms with van der Waals surface area (Å²) in [6, 6.07) is 5.10. The Morgan fingerprint density at radius 2 is 1.66 bits per heavy atom. The molecule has 38 heavy (non-hydrogen) atoms. The normalized spacial score (nSPS) is 11.9. The predicted octanol–water partition coefficient (Wildman–Crippen LogP) is 1.95. The number of ether oxygens (including phenoxy) is 1. The standard InChI is InChI=1S/C25H38N6O7/c1-16(2)17(3)21(32)29-20(7-6-12-27-23(26)34)22(33)28-19-10-8-18(9-11-19)15-38-25(37)31(5)14-13-30(4)24(35)36/h8-11,17,20H,1,6-7,12-15H2,2-5H3,(H,28,33)(H,29,32)(H,35,36)(H3,26,27,34)/t17-,20-/m0/s1. The molecule has 210 valence electrons. The first-order valence-electron chi connectivity index (χ1n) is 12.0. The fourth-order valence-corrected chi connectivity index (χ4v) is 2.96. The van der Waals surface area contributed by atoms with Gasteiger partial charge in [-0.15, -0.1) is 0 Å². The van der Waals surface area contributed by atoms with E-state index in [2.05, 4.69) is 22.5 Å². The van der Waals surface area contributed by atoms with Gasteiger partial charge < -0.3 is 41.3 Å². The minimum Gasteiger partial charge on any atom is -0.465 e. The summed E-state index contributed by atoms with van der Waals surface area (Å²) in [7, 11) is 2.91. The van der Waals surface area contributed by atoms with E-state index in [0.29, 0.717) is 23.2 Å². The third kappa shape index (κ3) is 11.6. The van der Waals surface area contributed by atoms with E-state index < -0.39 is 36.1 Å². The number of anilines is 1. The monoisotopic (exact) mass is 534 g/mol. The van der Waals surface area contributed by atoms with Crippen molar-refractivity contribution < 1.29 is 33.8 Å². The summed E-state index contributed by atoms with van der Waals surface area (Å²) in [5.41, 5.74) is 6.87. The Balaban J connectivity index is 2.69. The SMILES string of the molecule is C=C(C)[C@H](C)C(=O)N[C@@H](CCCNC(N)=O)C(=O)Nc1ccc(COC(=O)N(C)CCN(C)C(=O)O)cc1. The van der Waals surface area contributed by atoms with Crippen molar-refractivity contribution in [2.24, 2.45) is 11.7 Å². The number of rotatable bonds is 14. The van der Waals surface area contributed by atoms with Crippen molar-refractivity contribution in [2.75, 3.05) is 39.0 Å². The molecular formula is C25H38N6O7. The Labute approximate surface area is 222 Å². The largest absolute Gasteiger partial charge is 0.465 e. The first kappa shape index (κ1) is 31.7.